The fourth-order valence-corrected chi connectivity index (χ4v) is 4.87. The number of hydrogen-bond acceptors (Lipinski definition) is 1. The van der Waals surface area contributed by atoms with E-state index in [4.69, 9.17) is 5.73 Å². The number of alkyl halides is 1. The molecule has 1 nitrogen and oxygen atoms in total. The fourth-order valence-electron chi connectivity index (χ4n) is 4.87. The molecule has 3 unspecified atom stereocenters. The highest BCUT2D eigenvalue weighted by Crippen LogP contribution is 2.62. The van der Waals surface area contributed by atoms with Crippen LogP contribution in [0.1, 0.15) is 45.4 Å². The van der Waals surface area contributed by atoms with Crippen LogP contribution >= 0.6 is 12.4 Å². The maximum atomic E-state index is 13.8. The van der Waals surface area contributed by atoms with E-state index >= 15 is 0 Å². The van der Waals surface area contributed by atoms with Crippen LogP contribution in [0.25, 0.3) is 0 Å². The predicted molar refractivity (Wildman–Crippen MR) is 61.9 cm³/mol. The van der Waals surface area contributed by atoms with Crippen molar-refractivity contribution in [3.8, 4) is 0 Å². The van der Waals surface area contributed by atoms with Crippen LogP contribution in [0.15, 0.2) is 0 Å². The molecule has 4 fully saturated rings. The van der Waals surface area contributed by atoms with Crippen molar-refractivity contribution >= 4 is 12.4 Å². The van der Waals surface area contributed by atoms with Gasteiger partial charge in [-0.3, -0.25) is 0 Å². The fraction of sp³-hybridized carbons (Fsp3) is 1.00. The molecule has 4 aliphatic rings. The Morgan fingerprint density at radius 2 is 1.73 bits per heavy atom. The first kappa shape index (κ1) is 11.7. The average Bonchev–Trinajstić information content (AvgIpc) is 1.98. The molecular weight excluding hydrogens is 213 g/mol. The summed E-state index contributed by atoms with van der Waals surface area (Å²) >= 11 is 0. The average molecular weight is 234 g/mol. The quantitative estimate of drug-likeness (QED) is 0.740. The third kappa shape index (κ3) is 1.61. The molecule has 0 radical (unpaired) electrons. The molecule has 4 bridgehead atoms. The van der Waals surface area contributed by atoms with Crippen LogP contribution in [-0.2, 0) is 0 Å². The molecule has 0 aliphatic heterocycles. The molecule has 88 valence electrons. The van der Waals surface area contributed by atoms with Crippen molar-refractivity contribution in [2.75, 3.05) is 0 Å². The minimum Gasteiger partial charge on any atom is -0.325 e. The van der Waals surface area contributed by atoms with Crippen LogP contribution in [0.2, 0.25) is 0 Å². The topological polar surface area (TPSA) is 26.0 Å². The SMILES string of the molecule is CC(F)C12CC3CC(CC(N)(C3)C1)C2.Cl. The number of rotatable bonds is 1. The van der Waals surface area contributed by atoms with Crippen molar-refractivity contribution in [2.45, 2.75) is 57.2 Å². The smallest absolute Gasteiger partial charge is 0.103 e. The largest absolute Gasteiger partial charge is 0.325 e. The van der Waals surface area contributed by atoms with Gasteiger partial charge in [0.05, 0.1) is 0 Å². The Bertz CT molecular complexity index is 252. The normalized spacial score (nSPS) is 53.8. The summed E-state index contributed by atoms with van der Waals surface area (Å²) in [7, 11) is 0. The number of halogens is 2. The van der Waals surface area contributed by atoms with E-state index in [1.807, 2.05) is 0 Å². The minimum absolute atomic E-state index is 0. The molecule has 3 atom stereocenters. The first-order valence-corrected chi connectivity index (χ1v) is 5.94. The predicted octanol–water partition coefficient (Wildman–Crippen LogP) is 3.06. The van der Waals surface area contributed by atoms with E-state index in [1.165, 1.54) is 6.42 Å². The molecule has 0 saturated heterocycles. The minimum atomic E-state index is -0.656. The summed E-state index contributed by atoms with van der Waals surface area (Å²) in [6, 6.07) is 0. The van der Waals surface area contributed by atoms with Gasteiger partial charge in [0.2, 0.25) is 0 Å². The molecular formula is C12H21ClFN. The highest BCUT2D eigenvalue weighted by atomic mass is 35.5. The highest BCUT2D eigenvalue weighted by molar-refractivity contribution is 5.85. The molecule has 0 aromatic heterocycles. The highest BCUT2D eigenvalue weighted by Gasteiger charge is 2.58. The van der Waals surface area contributed by atoms with Crippen molar-refractivity contribution in [3.05, 3.63) is 0 Å². The van der Waals surface area contributed by atoms with Crippen LogP contribution in [0.3, 0.4) is 0 Å². The van der Waals surface area contributed by atoms with Gasteiger partial charge in [-0.2, -0.15) is 0 Å². The Morgan fingerprint density at radius 3 is 2.13 bits per heavy atom. The van der Waals surface area contributed by atoms with Gasteiger partial charge in [-0.25, -0.2) is 4.39 Å². The molecule has 4 aliphatic carbocycles. The Balaban J connectivity index is 0.000000853. The molecule has 2 N–H and O–H groups in total. The summed E-state index contributed by atoms with van der Waals surface area (Å²) < 4.78 is 13.8. The number of nitrogens with two attached hydrogens (primary N) is 1. The zero-order valence-corrected chi connectivity index (χ0v) is 10.2. The molecule has 4 saturated carbocycles. The van der Waals surface area contributed by atoms with Gasteiger partial charge < -0.3 is 5.73 Å². The molecule has 0 aromatic rings. The number of hydrogen-bond donors (Lipinski definition) is 1. The summed E-state index contributed by atoms with van der Waals surface area (Å²) in [6.45, 7) is 1.75. The van der Waals surface area contributed by atoms with Gasteiger partial charge in [-0.1, -0.05) is 0 Å². The summed E-state index contributed by atoms with van der Waals surface area (Å²) in [5, 5.41) is 0. The van der Waals surface area contributed by atoms with Crippen LogP contribution in [0.5, 0.6) is 0 Å². The second-order valence-corrected chi connectivity index (χ2v) is 6.30. The first-order chi connectivity index (χ1) is 6.51. The molecule has 0 spiro atoms. The lowest BCUT2D eigenvalue weighted by Crippen LogP contribution is -2.62. The van der Waals surface area contributed by atoms with Crippen molar-refractivity contribution < 1.29 is 4.39 Å². The Kier molecular flexibility index (Phi) is 2.59. The maximum Gasteiger partial charge on any atom is 0.103 e. The monoisotopic (exact) mass is 233 g/mol. The van der Waals surface area contributed by atoms with E-state index in [-0.39, 0.29) is 23.4 Å². The third-order valence-corrected chi connectivity index (χ3v) is 5.00. The summed E-state index contributed by atoms with van der Waals surface area (Å²) in [5.41, 5.74) is 6.35. The van der Waals surface area contributed by atoms with Crippen LogP contribution in [0, 0.1) is 17.3 Å². The van der Waals surface area contributed by atoms with Gasteiger partial charge in [-0.05, 0) is 57.3 Å². The Morgan fingerprint density at radius 1 is 1.20 bits per heavy atom. The van der Waals surface area contributed by atoms with Gasteiger partial charge in [0.15, 0.2) is 0 Å². The summed E-state index contributed by atoms with van der Waals surface area (Å²) in [5.74, 6) is 1.47. The van der Waals surface area contributed by atoms with Crippen molar-refractivity contribution in [3.63, 3.8) is 0 Å². The van der Waals surface area contributed by atoms with E-state index in [2.05, 4.69) is 0 Å². The molecule has 0 aromatic carbocycles. The van der Waals surface area contributed by atoms with E-state index in [1.54, 1.807) is 6.92 Å². The zero-order valence-electron chi connectivity index (χ0n) is 9.34. The van der Waals surface area contributed by atoms with Gasteiger partial charge in [0.25, 0.3) is 0 Å². The van der Waals surface area contributed by atoms with Gasteiger partial charge in [0, 0.05) is 11.0 Å². The summed E-state index contributed by atoms with van der Waals surface area (Å²) in [4.78, 5) is 0. The molecule has 0 amide bonds. The lowest BCUT2D eigenvalue weighted by atomic mass is 9.46. The lowest BCUT2D eigenvalue weighted by Gasteiger charge is -2.61. The zero-order chi connectivity index (χ0) is 9.97. The van der Waals surface area contributed by atoms with Gasteiger partial charge in [-0.15, -0.1) is 12.4 Å². The standard InChI is InChI=1S/C12H20FN.ClH/c1-8(13)11-3-9-2-10(4-11)6-12(14,5-9)7-11;/h8-10H,2-7,14H2,1H3;1H. The van der Waals surface area contributed by atoms with E-state index in [0.29, 0.717) is 0 Å². The van der Waals surface area contributed by atoms with E-state index in [0.717, 1.165) is 43.9 Å². The van der Waals surface area contributed by atoms with Crippen LogP contribution < -0.4 is 5.73 Å². The maximum absolute atomic E-state index is 13.8. The Labute approximate surface area is 97.4 Å². The van der Waals surface area contributed by atoms with Crippen LogP contribution in [0.4, 0.5) is 4.39 Å². The molecule has 4 rings (SSSR count). The lowest BCUT2D eigenvalue weighted by molar-refractivity contribution is -0.102. The van der Waals surface area contributed by atoms with Gasteiger partial charge >= 0.3 is 0 Å². The second kappa shape index (κ2) is 3.33. The first-order valence-electron chi connectivity index (χ1n) is 5.94. The van der Waals surface area contributed by atoms with Crippen molar-refractivity contribution in [2.24, 2.45) is 23.0 Å². The van der Waals surface area contributed by atoms with Crippen LogP contribution in [-0.4, -0.2) is 11.7 Å². The van der Waals surface area contributed by atoms with Gasteiger partial charge in [0.1, 0.15) is 6.17 Å². The summed E-state index contributed by atoms with van der Waals surface area (Å²) in [6.07, 6.45) is 6.17. The van der Waals surface area contributed by atoms with E-state index < -0.39 is 6.17 Å². The molecule has 15 heavy (non-hydrogen) atoms. The van der Waals surface area contributed by atoms with Crippen molar-refractivity contribution in [1.29, 1.82) is 0 Å². The second-order valence-electron chi connectivity index (χ2n) is 6.30. The van der Waals surface area contributed by atoms with E-state index in [9.17, 15) is 4.39 Å². The third-order valence-electron chi connectivity index (χ3n) is 5.00. The van der Waals surface area contributed by atoms with Crippen molar-refractivity contribution in [1.82, 2.24) is 0 Å². The Hall–Kier alpha value is 0.180. The molecule has 3 heteroatoms. The molecule has 0 heterocycles.